The lowest BCUT2D eigenvalue weighted by Gasteiger charge is -2.19. The SMILES string of the molecule is Cc1cc(CCNC(=O)OC(C)(C)C)ccn1. The Labute approximate surface area is 102 Å². The molecule has 0 atom stereocenters. The van der Waals surface area contributed by atoms with E-state index < -0.39 is 5.60 Å². The minimum atomic E-state index is -0.447. The number of nitrogens with zero attached hydrogens (tertiary/aromatic N) is 1. The molecule has 0 aliphatic rings. The molecule has 0 radical (unpaired) electrons. The number of aryl methyl sites for hydroxylation is 1. The highest BCUT2D eigenvalue weighted by Crippen LogP contribution is 2.06. The number of amides is 1. The first-order valence-electron chi connectivity index (χ1n) is 5.75. The summed E-state index contributed by atoms with van der Waals surface area (Å²) in [6.07, 6.45) is 2.18. The molecule has 4 heteroatoms. The lowest BCUT2D eigenvalue weighted by molar-refractivity contribution is 0.0528. The van der Waals surface area contributed by atoms with Crippen molar-refractivity contribution < 1.29 is 9.53 Å². The Hall–Kier alpha value is -1.58. The molecular formula is C13H20N2O2. The first-order chi connectivity index (χ1) is 7.87. The third-order valence-corrected chi connectivity index (χ3v) is 2.04. The Morgan fingerprint density at radius 1 is 1.47 bits per heavy atom. The fourth-order valence-corrected chi connectivity index (χ4v) is 1.38. The van der Waals surface area contributed by atoms with Gasteiger partial charge in [0.05, 0.1) is 0 Å². The Morgan fingerprint density at radius 3 is 2.76 bits per heavy atom. The molecule has 17 heavy (non-hydrogen) atoms. The second-order valence-electron chi connectivity index (χ2n) is 4.98. The fourth-order valence-electron chi connectivity index (χ4n) is 1.38. The van der Waals surface area contributed by atoms with Gasteiger partial charge in [0.25, 0.3) is 0 Å². The number of hydrogen-bond donors (Lipinski definition) is 1. The van der Waals surface area contributed by atoms with E-state index >= 15 is 0 Å². The summed E-state index contributed by atoms with van der Waals surface area (Å²) in [5, 5.41) is 2.73. The van der Waals surface area contributed by atoms with E-state index in [1.807, 2.05) is 39.8 Å². The van der Waals surface area contributed by atoms with Crippen LogP contribution in [0.15, 0.2) is 18.3 Å². The van der Waals surface area contributed by atoms with Gasteiger partial charge in [-0.05, 0) is 51.8 Å². The second-order valence-corrected chi connectivity index (χ2v) is 4.98. The maximum absolute atomic E-state index is 11.4. The Morgan fingerprint density at radius 2 is 2.18 bits per heavy atom. The topological polar surface area (TPSA) is 51.2 Å². The van der Waals surface area contributed by atoms with E-state index in [0.29, 0.717) is 6.54 Å². The molecular weight excluding hydrogens is 216 g/mol. The number of pyridine rings is 1. The highest BCUT2D eigenvalue weighted by Gasteiger charge is 2.15. The number of nitrogens with one attached hydrogen (secondary N) is 1. The summed E-state index contributed by atoms with van der Waals surface area (Å²) in [7, 11) is 0. The van der Waals surface area contributed by atoms with Crippen molar-refractivity contribution in [2.24, 2.45) is 0 Å². The van der Waals surface area contributed by atoms with Gasteiger partial charge in [-0.25, -0.2) is 4.79 Å². The zero-order chi connectivity index (χ0) is 12.9. The van der Waals surface area contributed by atoms with Crippen LogP contribution in [0.5, 0.6) is 0 Å². The van der Waals surface area contributed by atoms with Crippen molar-refractivity contribution in [2.45, 2.75) is 39.7 Å². The van der Waals surface area contributed by atoms with Crippen LogP contribution < -0.4 is 5.32 Å². The summed E-state index contributed by atoms with van der Waals surface area (Å²) in [5.74, 6) is 0. The zero-order valence-electron chi connectivity index (χ0n) is 10.9. The van der Waals surface area contributed by atoms with Gasteiger partial charge in [-0.3, -0.25) is 4.98 Å². The molecule has 94 valence electrons. The van der Waals surface area contributed by atoms with Crippen LogP contribution >= 0.6 is 0 Å². The number of carbonyl (C=O) groups is 1. The first kappa shape index (κ1) is 13.5. The average molecular weight is 236 g/mol. The van der Waals surface area contributed by atoms with Gasteiger partial charge in [0.2, 0.25) is 0 Å². The molecule has 0 aliphatic carbocycles. The van der Waals surface area contributed by atoms with Crippen molar-refractivity contribution >= 4 is 6.09 Å². The molecule has 0 saturated carbocycles. The summed E-state index contributed by atoms with van der Waals surface area (Å²) >= 11 is 0. The molecule has 0 spiro atoms. The summed E-state index contributed by atoms with van der Waals surface area (Å²) in [5.41, 5.74) is 1.70. The third kappa shape index (κ3) is 5.90. The van der Waals surface area contributed by atoms with Gasteiger partial charge in [0, 0.05) is 18.4 Å². The van der Waals surface area contributed by atoms with Crippen LogP contribution in [0, 0.1) is 6.92 Å². The monoisotopic (exact) mass is 236 g/mol. The Balaban J connectivity index is 2.31. The largest absolute Gasteiger partial charge is 0.444 e. The smallest absolute Gasteiger partial charge is 0.407 e. The van der Waals surface area contributed by atoms with Crippen LogP contribution in [0.2, 0.25) is 0 Å². The fraction of sp³-hybridized carbons (Fsp3) is 0.538. The minimum Gasteiger partial charge on any atom is -0.444 e. The average Bonchev–Trinajstić information content (AvgIpc) is 2.14. The van der Waals surface area contributed by atoms with Crippen molar-refractivity contribution in [1.29, 1.82) is 0 Å². The minimum absolute atomic E-state index is 0.372. The van der Waals surface area contributed by atoms with E-state index in [1.165, 1.54) is 0 Å². The van der Waals surface area contributed by atoms with Crippen LogP contribution in [0.25, 0.3) is 0 Å². The molecule has 4 nitrogen and oxygen atoms in total. The summed E-state index contributed by atoms with van der Waals surface area (Å²) in [6.45, 7) is 8.06. The predicted molar refractivity (Wildman–Crippen MR) is 66.9 cm³/mol. The van der Waals surface area contributed by atoms with Crippen molar-refractivity contribution in [3.8, 4) is 0 Å². The van der Waals surface area contributed by atoms with E-state index in [0.717, 1.165) is 17.7 Å². The number of carbonyl (C=O) groups excluding carboxylic acids is 1. The third-order valence-electron chi connectivity index (χ3n) is 2.04. The number of ether oxygens (including phenoxy) is 1. The molecule has 1 N–H and O–H groups in total. The molecule has 0 aromatic carbocycles. The molecule has 1 aromatic heterocycles. The number of rotatable bonds is 3. The molecule has 0 fully saturated rings. The molecule has 0 aliphatic heterocycles. The standard InChI is InChI=1S/C13H20N2O2/c1-10-9-11(5-7-14-10)6-8-15-12(16)17-13(2,3)4/h5,7,9H,6,8H2,1-4H3,(H,15,16). The van der Waals surface area contributed by atoms with Gasteiger partial charge < -0.3 is 10.1 Å². The van der Waals surface area contributed by atoms with Crippen molar-refractivity contribution in [1.82, 2.24) is 10.3 Å². The zero-order valence-corrected chi connectivity index (χ0v) is 10.9. The quantitative estimate of drug-likeness (QED) is 0.877. The van der Waals surface area contributed by atoms with E-state index in [4.69, 9.17) is 4.74 Å². The van der Waals surface area contributed by atoms with Gasteiger partial charge in [0.15, 0.2) is 0 Å². The summed E-state index contributed by atoms with van der Waals surface area (Å²) < 4.78 is 5.14. The molecule has 1 rings (SSSR count). The Kier molecular flexibility index (Phi) is 4.49. The number of aromatic nitrogens is 1. The number of hydrogen-bond acceptors (Lipinski definition) is 3. The maximum atomic E-state index is 11.4. The summed E-state index contributed by atoms with van der Waals surface area (Å²) in [4.78, 5) is 15.5. The highest BCUT2D eigenvalue weighted by atomic mass is 16.6. The van der Waals surface area contributed by atoms with E-state index in [2.05, 4.69) is 10.3 Å². The van der Waals surface area contributed by atoms with Crippen molar-refractivity contribution in [3.05, 3.63) is 29.6 Å². The van der Waals surface area contributed by atoms with Crippen molar-refractivity contribution in [3.63, 3.8) is 0 Å². The van der Waals surface area contributed by atoms with Crippen LogP contribution in [0.1, 0.15) is 32.0 Å². The van der Waals surface area contributed by atoms with Gasteiger partial charge in [-0.15, -0.1) is 0 Å². The molecule has 1 amide bonds. The number of alkyl carbamates (subject to hydrolysis) is 1. The summed E-state index contributed by atoms with van der Waals surface area (Å²) in [6, 6.07) is 3.96. The van der Waals surface area contributed by atoms with E-state index in [9.17, 15) is 4.79 Å². The van der Waals surface area contributed by atoms with Crippen molar-refractivity contribution in [2.75, 3.05) is 6.54 Å². The predicted octanol–water partition coefficient (Wildman–Crippen LogP) is 2.46. The van der Waals surface area contributed by atoms with Gasteiger partial charge in [0.1, 0.15) is 5.60 Å². The van der Waals surface area contributed by atoms with Crippen LogP contribution in [0.3, 0.4) is 0 Å². The first-order valence-corrected chi connectivity index (χ1v) is 5.75. The van der Waals surface area contributed by atoms with Gasteiger partial charge in [-0.1, -0.05) is 0 Å². The molecule has 0 unspecified atom stereocenters. The molecule has 1 heterocycles. The van der Waals surface area contributed by atoms with E-state index in [-0.39, 0.29) is 6.09 Å². The van der Waals surface area contributed by atoms with E-state index in [1.54, 1.807) is 6.20 Å². The normalized spacial score (nSPS) is 11.1. The Bertz CT molecular complexity index is 383. The maximum Gasteiger partial charge on any atom is 0.407 e. The molecule has 1 aromatic rings. The highest BCUT2D eigenvalue weighted by molar-refractivity contribution is 5.67. The molecule has 0 bridgehead atoms. The second kappa shape index (κ2) is 5.66. The van der Waals surface area contributed by atoms with Crippen LogP contribution in [-0.2, 0) is 11.2 Å². The molecule has 0 saturated heterocycles. The van der Waals surface area contributed by atoms with Crippen LogP contribution in [-0.4, -0.2) is 23.2 Å². The lowest BCUT2D eigenvalue weighted by atomic mass is 10.2. The van der Waals surface area contributed by atoms with Gasteiger partial charge in [-0.2, -0.15) is 0 Å². The lowest BCUT2D eigenvalue weighted by Crippen LogP contribution is -2.33. The van der Waals surface area contributed by atoms with Crippen LogP contribution in [0.4, 0.5) is 4.79 Å². The van der Waals surface area contributed by atoms with Gasteiger partial charge >= 0.3 is 6.09 Å².